The van der Waals surface area contributed by atoms with E-state index in [1.807, 2.05) is 33.8 Å². The van der Waals surface area contributed by atoms with Crippen LogP contribution < -0.4 is 4.74 Å². The van der Waals surface area contributed by atoms with Crippen molar-refractivity contribution in [1.29, 1.82) is 0 Å². The van der Waals surface area contributed by atoms with Gasteiger partial charge in [0.1, 0.15) is 5.75 Å². The Bertz CT molecular complexity index is 894. The molecule has 0 N–H and O–H groups in total. The number of rotatable bonds is 8. The highest BCUT2D eigenvalue weighted by molar-refractivity contribution is 6.00. The van der Waals surface area contributed by atoms with Crippen molar-refractivity contribution in [1.82, 2.24) is 0 Å². The largest absolute Gasteiger partial charge is 0.482 e. The Hall–Kier alpha value is -2.95. The molecule has 2 aromatic rings. The third-order valence-electron chi connectivity index (χ3n) is 5.00. The van der Waals surface area contributed by atoms with E-state index in [1.165, 1.54) is 0 Å². The van der Waals surface area contributed by atoms with Crippen LogP contribution in [0.5, 0.6) is 5.75 Å². The van der Waals surface area contributed by atoms with Gasteiger partial charge in [-0.1, -0.05) is 6.92 Å². The second-order valence-electron chi connectivity index (χ2n) is 6.79. The van der Waals surface area contributed by atoms with Crippen LogP contribution in [0.2, 0.25) is 0 Å². The number of ketones is 2. The van der Waals surface area contributed by atoms with Crippen molar-refractivity contribution >= 4 is 17.5 Å². The van der Waals surface area contributed by atoms with E-state index < -0.39 is 5.97 Å². The van der Waals surface area contributed by atoms with Gasteiger partial charge in [-0.2, -0.15) is 0 Å². The maximum absolute atomic E-state index is 12.4. The fraction of sp³-hybridized carbons (Fsp3) is 0.348. The summed E-state index contributed by atoms with van der Waals surface area (Å²) in [4.78, 5) is 35.9. The van der Waals surface area contributed by atoms with Crippen molar-refractivity contribution < 1.29 is 23.9 Å². The second-order valence-corrected chi connectivity index (χ2v) is 6.79. The van der Waals surface area contributed by atoms with Crippen LogP contribution in [-0.4, -0.2) is 30.7 Å². The van der Waals surface area contributed by atoms with Gasteiger partial charge >= 0.3 is 5.97 Å². The van der Waals surface area contributed by atoms with Gasteiger partial charge < -0.3 is 9.47 Å². The molecule has 0 saturated heterocycles. The lowest BCUT2D eigenvalue weighted by Crippen LogP contribution is -2.20. The quantitative estimate of drug-likeness (QED) is 0.502. The first kappa shape index (κ1) is 21.4. The van der Waals surface area contributed by atoms with E-state index in [2.05, 4.69) is 0 Å². The smallest absolute Gasteiger partial charge is 0.344 e. The van der Waals surface area contributed by atoms with Crippen LogP contribution in [0.25, 0.3) is 0 Å². The second kappa shape index (κ2) is 9.31. The van der Waals surface area contributed by atoms with Crippen LogP contribution in [0, 0.1) is 27.7 Å². The molecule has 0 unspecified atom stereocenters. The van der Waals surface area contributed by atoms with Gasteiger partial charge in [0.05, 0.1) is 0 Å². The van der Waals surface area contributed by atoms with E-state index >= 15 is 0 Å². The first-order valence-electron chi connectivity index (χ1n) is 9.26. The molecule has 0 amide bonds. The molecular formula is C23H26O5. The predicted molar refractivity (Wildman–Crippen MR) is 107 cm³/mol. The molecule has 0 radical (unpaired) electrons. The monoisotopic (exact) mass is 382 g/mol. The standard InChI is InChI=1S/C23H26O5/c1-6-21(24)18-7-9-19(10-8-18)27-13-23(26)28-12-22(25)20-11-14(2)15(3)16(4)17(20)5/h7-11H,6,12-13H2,1-5H3. The molecule has 5 nitrogen and oxygen atoms in total. The fourth-order valence-electron chi connectivity index (χ4n) is 2.85. The summed E-state index contributed by atoms with van der Waals surface area (Å²) in [5.74, 6) is -0.363. The van der Waals surface area contributed by atoms with E-state index in [0.717, 1.165) is 22.3 Å². The molecule has 0 aromatic heterocycles. The zero-order valence-electron chi connectivity index (χ0n) is 17.0. The minimum atomic E-state index is -0.625. The van der Waals surface area contributed by atoms with E-state index in [9.17, 15) is 14.4 Å². The summed E-state index contributed by atoms with van der Waals surface area (Å²) in [6, 6.07) is 8.40. The summed E-state index contributed by atoms with van der Waals surface area (Å²) in [7, 11) is 0. The number of benzene rings is 2. The van der Waals surface area contributed by atoms with Crippen LogP contribution in [0.1, 0.15) is 56.3 Å². The molecule has 148 valence electrons. The van der Waals surface area contributed by atoms with Gasteiger partial charge in [0.2, 0.25) is 5.78 Å². The molecule has 2 aromatic carbocycles. The lowest BCUT2D eigenvalue weighted by atomic mass is 9.93. The van der Waals surface area contributed by atoms with Gasteiger partial charge in [-0.3, -0.25) is 9.59 Å². The van der Waals surface area contributed by atoms with Crippen molar-refractivity contribution in [2.75, 3.05) is 13.2 Å². The number of esters is 1. The maximum atomic E-state index is 12.4. The SMILES string of the molecule is CCC(=O)c1ccc(OCC(=O)OCC(=O)c2cc(C)c(C)c(C)c2C)cc1. The summed E-state index contributed by atoms with van der Waals surface area (Å²) in [5.41, 5.74) is 5.34. The Kier molecular flexibility index (Phi) is 7.10. The highest BCUT2D eigenvalue weighted by Gasteiger charge is 2.16. The van der Waals surface area contributed by atoms with Crippen molar-refractivity contribution in [3.8, 4) is 5.75 Å². The molecule has 0 aliphatic heterocycles. The molecule has 0 aliphatic rings. The van der Waals surface area contributed by atoms with Crippen molar-refractivity contribution in [2.24, 2.45) is 0 Å². The number of hydrogen-bond donors (Lipinski definition) is 0. The summed E-state index contributed by atoms with van der Waals surface area (Å²) >= 11 is 0. The van der Waals surface area contributed by atoms with Gasteiger partial charge in [-0.15, -0.1) is 0 Å². The normalized spacial score (nSPS) is 10.5. The maximum Gasteiger partial charge on any atom is 0.344 e. The van der Waals surface area contributed by atoms with Crippen molar-refractivity contribution in [2.45, 2.75) is 41.0 Å². The van der Waals surface area contributed by atoms with Gasteiger partial charge in [-0.25, -0.2) is 4.79 Å². The molecule has 28 heavy (non-hydrogen) atoms. The summed E-state index contributed by atoms with van der Waals surface area (Å²) < 4.78 is 10.4. The lowest BCUT2D eigenvalue weighted by molar-refractivity contribution is -0.144. The topological polar surface area (TPSA) is 69.7 Å². The Morgan fingerprint density at radius 3 is 2.07 bits per heavy atom. The first-order valence-corrected chi connectivity index (χ1v) is 9.26. The van der Waals surface area contributed by atoms with Gasteiger partial charge in [0.25, 0.3) is 0 Å². The minimum Gasteiger partial charge on any atom is -0.482 e. The summed E-state index contributed by atoms with van der Waals surface area (Å²) in [6.07, 6.45) is 0.431. The molecule has 0 heterocycles. The van der Waals surface area contributed by atoms with E-state index in [0.29, 0.717) is 23.3 Å². The van der Waals surface area contributed by atoms with Gasteiger partial charge in [0.15, 0.2) is 19.0 Å². The van der Waals surface area contributed by atoms with Crippen molar-refractivity contribution in [3.05, 3.63) is 63.7 Å². The van der Waals surface area contributed by atoms with Crippen LogP contribution in [0.4, 0.5) is 0 Å². The highest BCUT2D eigenvalue weighted by atomic mass is 16.6. The summed E-state index contributed by atoms with van der Waals surface area (Å²) in [5, 5.41) is 0. The molecule has 0 spiro atoms. The van der Waals surface area contributed by atoms with Crippen LogP contribution >= 0.6 is 0 Å². The average molecular weight is 382 g/mol. The zero-order valence-corrected chi connectivity index (χ0v) is 17.0. The Balaban J connectivity index is 1.89. The third-order valence-corrected chi connectivity index (χ3v) is 5.00. The number of ether oxygens (including phenoxy) is 2. The first-order chi connectivity index (χ1) is 13.2. The number of hydrogen-bond acceptors (Lipinski definition) is 5. The Labute approximate surface area is 165 Å². The molecule has 0 aliphatic carbocycles. The zero-order chi connectivity index (χ0) is 20.8. The number of carbonyl (C=O) groups is 3. The predicted octanol–water partition coefficient (Wildman–Crippen LogP) is 4.32. The minimum absolute atomic E-state index is 0.0429. The van der Waals surface area contributed by atoms with E-state index in [-0.39, 0.29) is 24.8 Å². The molecule has 5 heteroatoms. The number of Topliss-reactive ketones (excluding diaryl/α,β-unsaturated/α-hetero) is 2. The molecule has 0 atom stereocenters. The number of carbonyl (C=O) groups excluding carboxylic acids is 3. The molecule has 0 fully saturated rings. The third kappa shape index (κ3) is 5.06. The molecule has 0 saturated carbocycles. The van der Waals surface area contributed by atoms with Gasteiger partial charge in [0, 0.05) is 17.5 Å². The van der Waals surface area contributed by atoms with E-state index in [1.54, 1.807) is 31.2 Å². The highest BCUT2D eigenvalue weighted by Crippen LogP contribution is 2.21. The van der Waals surface area contributed by atoms with Crippen LogP contribution in [-0.2, 0) is 9.53 Å². The Morgan fingerprint density at radius 2 is 1.46 bits per heavy atom. The molecule has 0 bridgehead atoms. The van der Waals surface area contributed by atoms with Crippen molar-refractivity contribution in [3.63, 3.8) is 0 Å². The molecular weight excluding hydrogens is 356 g/mol. The Morgan fingerprint density at radius 1 is 0.821 bits per heavy atom. The number of aryl methyl sites for hydroxylation is 1. The molecule has 2 rings (SSSR count). The van der Waals surface area contributed by atoms with Crippen LogP contribution in [0.3, 0.4) is 0 Å². The lowest BCUT2D eigenvalue weighted by Gasteiger charge is -2.13. The van der Waals surface area contributed by atoms with Crippen LogP contribution in [0.15, 0.2) is 30.3 Å². The van der Waals surface area contributed by atoms with Gasteiger partial charge in [-0.05, 0) is 80.3 Å². The fourth-order valence-corrected chi connectivity index (χ4v) is 2.85. The average Bonchev–Trinajstić information content (AvgIpc) is 2.71. The van der Waals surface area contributed by atoms with E-state index in [4.69, 9.17) is 9.47 Å². The summed E-state index contributed by atoms with van der Waals surface area (Å²) in [6.45, 7) is 9.02.